The second-order valence-electron chi connectivity index (χ2n) is 6.36. The maximum absolute atomic E-state index is 13.0. The van der Waals surface area contributed by atoms with Gasteiger partial charge in [0.2, 0.25) is 5.91 Å². The smallest absolute Gasteiger partial charge is 0.242 e. The predicted octanol–water partition coefficient (Wildman–Crippen LogP) is 2.58. The molecule has 1 fully saturated rings. The van der Waals surface area contributed by atoms with Crippen LogP contribution >= 0.6 is 35.8 Å². The maximum atomic E-state index is 13.0. The van der Waals surface area contributed by atoms with Crippen LogP contribution in [0, 0.1) is 0 Å². The summed E-state index contributed by atoms with van der Waals surface area (Å²) in [5.74, 6) is 0.502. The van der Waals surface area contributed by atoms with Gasteiger partial charge < -0.3 is 10.6 Å². The fourth-order valence-corrected chi connectivity index (χ4v) is 6.03. The van der Waals surface area contributed by atoms with E-state index < -0.39 is 14.6 Å². The van der Waals surface area contributed by atoms with Gasteiger partial charge in [-0.1, -0.05) is 11.6 Å². The minimum absolute atomic E-state index is 0. The van der Waals surface area contributed by atoms with Crippen LogP contribution in [0.3, 0.4) is 0 Å². The number of carbonyl (C=O) groups is 1. The number of nitrogens with one attached hydrogen (secondary N) is 2. The number of hydrogen-bond donors (Lipinski definition) is 2. The van der Waals surface area contributed by atoms with Crippen molar-refractivity contribution < 1.29 is 13.2 Å². The minimum atomic E-state index is -3.51. The van der Waals surface area contributed by atoms with E-state index in [-0.39, 0.29) is 24.4 Å². The maximum Gasteiger partial charge on any atom is 0.242 e. The summed E-state index contributed by atoms with van der Waals surface area (Å²) in [5.41, 5.74) is 0.977. The van der Waals surface area contributed by atoms with E-state index in [1.165, 1.54) is 6.26 Å². The lowest BCUT2D eigenvalue weighted by Crippen LogP contribution is -2.57. The topological polar surface area (TPSA) is 75.3 Å². The number of fused-ring (bicyclic) bond motifs is 1. The van der Waals surface area contributed by atoms with Gasteiger partial charge in [-0.25, -0.2) is 8.42 Å². The second-order valence-corrected chi connectivity index (χ2v) is 10.3. The zero-order valence-electron chi connectivity index (χ0n) is 13.9. The first-order valence-corrected chi connectivity index (χ1v) is 11.2. The molecule has 5 nitrogen and oxygen atoms in total. The second kappa shape index (κ2) is 8.05. The summed E-state index contributed by atoms with van der Waals surface area (Å²) in [6, 6.07) is 5.46. The van der Waals surface area contributed by atoms with Gasteiger partial charge in [-0.2, -0.15) is 0 Å². The quantitative estimate of drug-likeness (QED) is 0.779. The first-order valence-electron chi connectivity index (χ1n) is 7.97. The number of piperidine rings is 1. The van der Waals surface area contributed by atoms with Gasteiger partial charge >= 0.3 is 0 Å². The van der Waals surface area contributed by atoms with Crippen molar-refractivity contribution in [2.75, 3.05) is 25.1 Å². The molecule has 0 radical (unpaired) electrons. The highest BCUT2D eigenvalue weighted by molar-refractivity contribution is 7.99. The number of halogens is 2. The summed E-state index contributed by atoms with van der Waals surface area (Å²) in [4.78, 5) is 14.1. The number of hydrogen-bond acceptors (Lipinski definition) is 5. The number of carbonyl (C=O) groups excluding carboxylic acids is 1. The Bertz CT molecular complexity index is 750. The molecule has 1 aromatic rings. The Morgan fingerprint density at radius 2 is 2.04 bits per heavy atom. The molecule has 2 aliphatic heterocycles. The summed E-state index contributed by atoms with van der Waals surface area (Å²) in [6.07, 6.45) is 2.55. The van der Waals surface area contributed by atoms with Crippen molar-refractivity contribution in [1.82, 2.24) is 10.6 Å². The number of amides is 1. The van der Waals surface area contributed by atoms with E-state index in [0.29, 0.717) is 31.0 Å². The average molecular weight is 425 g/mol. The highest BCUT2D eigenvalue weighted by Gasteiger charge is 2.49. The molecule has 2 aliphatic rings. The van der Waals surface area contributed by atoms with E-state index >= 15 is 0 Å². The summed E-state index contributed by atoms with van der Waals surface area (Å²) in [7, 11) is -3.51. The fourth-order valence-electron chi connectivity index (χ4n) is 3.40. The minimum Gasteiger partial charge on any atom is -0.348 e. The molecule has 0 aromatic heterocycles. The molecular formula is C16H22Cl2N2O3S2. The molecule has 2 N–H and O–H groups in total. The van der Waals surface area contributed by atoms with Crippen LogP contribution in [-0.2, 0) is 14.6 Å². The van der Waals surface area contributed by atoms with Crippen LogP contribution in [0.4, 0.5) is 0 Å². The molecule has 0 aliphatic carbocycles. The molecule has 3 rings (SSSR count). The lowest BCUT2D eigenvalue weighted by Gasteiger charge is -2.36. The highest BCUT2D eigenvalue weighted by atomic mass is 35.5. The van der Waals surface area contributed by atoms with Crippen LogP contribution in [0.5, 0.6) is 0 Å². The molecule has 1 saturated heterocycles. The highest BCUT2D eigenvalue weighted by Crippen LogP contribution is 2.38. The van der Waals surface area contributed by atoms with Crippen LogP contribution in [0.25, 0.3) is 0 Å². The Morgan fingerprint density at radius 3 is 2.68 bits per heavy atom. The zero-order valence-corrected chi connectivity index (χ0v) is 17.1. The molecule has 1 aromatic carbocycles. The molecule has 1 unspecified atom stereocenters. The SMILES string of the molecule is CS(=O)(=O)C1(C(=O)NC2CCSc3ccc(Cl)cc32)CCNCC1.Cl. The Kier molecular flexibility index (Phi) is 6.71. The lowest BCUT2D eigenvalue weighted by molar-refractivity contribution is -0.125. The van der Waals surface area contributed by atoms with E-state index in [2.05, 4.69) is 10.6 Å². The van der Waals surface area contributed by atoms with E-state index in [1.807, 2.05) is 18.2 Å². The van der Waals surface area contributed by atoms with Gasteiger partial charge in [-0.15, -0.1) is 24.2 Å². The Hall–Kier alpha value is -0.470. The first-order chi connectivity index (χ1) is 11.3. The van der Waals surface area contributed by atoms with E-state index in [4.69, 9.17) is 11.6 Å². The third kappa shape index (κ3) is 4.11. The Balaban J connectivity index is 0.00000225. The summed E-state index contributed by atoms with van der Waals surface area (Å²) >= 11 is 7.83. The van der Waals surface area contributed by atoms with Crippen molar-refractivity contribution in [3.8, 4) is 0 Å². The van der Waals surface area contributed by atoms with Gasteiger partial charge in [0.15, 0.2) is 14.6 Å². The molecule has 1 atom stereocenters. The van der Waals surface area contributed by atoms with Crippen LogP contribution in [0.1, 0.15) is 30.9 Å². The summed E-state index contributed by atoms with van der Waals surface area (Å²) in [6.45, 7) is 1.06. The van der Waals surface area contributed by atoms with Gasteiger partial charge in [-0.05, 0) is 56.1 Å². The van der Waals surface area contributed by atoms with Gasteiger partial charge in [0.25, 0.3) is 0 Å². The predicted molar refractivity (Wildman–Crippen MR) is 105 cm³/mol. The number of sulfone groups is 1. The Morgan fingerprint density at radius 1 is 1.36 bits per heavy atom. The third-order valence-corrected chi connectivity index (χ3v) is 8.22. The standard InChI is InChI=1S/C16H21ClN2O3S2.ClH/c1-24(21,22)16(5-7-18-8-6-16)15(20)19-13-4-9-23-14-3-2-11(17)10-12(13)14;/h2-3,10,13,18H,4-9H2,1H3,(H,19,20);1H. The largest absolute Gasteiger partial charge is 0.348 e. The van der Waals surface area contributed by atoms with Crippen molar-refractivity contribution >= 4 is 51.5 Å². The fraction of sp³-hybridized carbons (Fsp3) is 0.562. The van der Waals surface area contributed by atoms with E-state index in [9.17, 15) is 13.2 Å². The molecule has 0 bridgehead atoms. The molecule has 0 saturated carbocycles. The molecule has 0 spiro atoms. The number of benzene rings is 1. The van der Waals surface area contributed by atoms with Gasteiger partial charge in [0, 0.05) is 21.9 Å². The molecular weight excluding hydrogens is 403 g/mol. The van der Waals surface area contributed by atoms with Gasteiger partial charge in [-0.3, -0.25) is 4.79 Å². The first kappa shape index (κ1) is 20.8. The average Bonchev–Trinajstić information content (AvgIpc) is 2.55. The summed E-state index contributed by atoms with van der Waals surface area (Å²) in [5, 5.41) is 6.75. The van der Waals surface area contributed by atoms with Crippen LogP contribution in [0.2, 0.25) is 5.02 Å². The van der Waals surface area contributed by atoms with Crippen molar-refractivity contribution in [1.29, 1.82) is 0 Å². The third-order valence-electron chi connectivity index (χ3n) is 4.85. The lowest BCUT2D eigenvalue weighted by atomic mass is 9.94. The van der Waals surface area contributed by atoms with Crippen LogP contribution < -0.4 is 10.6 Å². The normalized spacial score (nSPS) is 22.4. The van der Waals surface area contributed by atoms with Crippen LogP contribution in [-0.4, -0.2) is 44.2 Å². The molecule has 9 heteroatoms. The Labute approximate surface area is 164 Å². The zero-order chi connectivity index (χ0) is 17.4. The van der Waals surface area contributed by atoms with E-state index in [1.54, 1.807) is 11.8 Å². The van der Waals surface area contributed by atoms with E-state index in [0.717, 1.165) is 22.6 Å². The van der Waals surface area contributed by atoms with Crippen LogP contribution in [0.15, 0.2) is 23.1 Å². The van der Waals surface area contributed by atoms with Crippen molar-refractivity contribution in [2.45, 2.75) is 34.9 Å². The van der Waals surface area contributed by atoms with Crippen molar-refractivity contribution in [3.05, 3.63) is 28.8 Å². The number of thioether (sulfide) groups is 1. The van der Waals surface area contributed by atoms with Crippen molar-refractivity contribution in [2.24, 2.45) is 0 Å². The van der Waals surface area contributed by atoms with Gasteiger partial charge in [0.1, 0.15) is 0 Å². The van der Waals surface area contributed by atoms with Gasteiger partial charge in [0.05, 0.1) is 6.04 Å². The van der Waals surface area contributed by atoms with Crippen molar-refractivity contribution in [3.63, 3.8) is 0 Å². The molecule has 25 heavy (non-hydrogen) atoms. The number of rotatable bonds is 3. The molecule has 140 valence electrons. The monoisotopic (exact) mass is 424 g/mol. The molecule has 1 amide bonds. The molecule has 2 heterocycles. The summed E-state index contributed by atoms with van der Waals surface area (Å²) < 4.78 is 23.4.